The van der Waals surface area contributed by atoms with E-state index in [0.29, 0.717) is 19.4 Å². The van der Waals surface area contributed by atoms with Gasteiger partial charge in [-0.2, -0.15) is 0 Å². The molecule has 1 saturated carbocycles. The highest BCUT2D eigenvalue weighted by atomic mass is 16.5. The molecule has 0 saturated heterocycles. The molecule has 0 aromatic rings. The second-order valence-corrected chi connectivity index (χ2v) is 4.01. The summed E-state index contributed by atoms with van der Waals surface area (Å²) < 4.78 is 4.99. The van der Waals surface area contributed by atoms with E-state index < -0.39 is 0 Å². The van der Waals surface area contributed by atoms with E-state index in [1.54, 1.807) is 6.92 Å². The zero-order valence-corrected chi connectivity index (χ0v) is 9.08. The predicted molar refractivity (Wildman–Crippen MR) is 52.7 cm³/mol. The number of Topliss-reactive ketones (excluding diaryl/α,β-unsaturated/α-hetero) is 1. The maximum absolute atomic E-state index is 11.5. The molecule has 14 heavy (non-hydrogen) atoms. The van der Waals surface area contributed by atoms with Crippen LogP contribution in [0.1, 0.15) is 33.6 Å². The molecular weight excluding hydrogens is 180 g/mol. The van der Waals surface area contributed by atoms with Crippen LogP contribution in [-0.4, -0.2) is 18.4 Å². The highest BCUT2D eigenvalue weighted by Crippen LogP contribution is 2.32. The summed E-state index contributed by atoms with van der Waals surface area (Å²) in [5.74, 6) is 0.175. The van der Waals surface area contributed by atoms with Crippen molar-refractivity contribution in [3.8, 4) is 0 Å². The van der Waals surface area contributed by atoms with Gasteiger partial charge in [-0.15, -0.1) is 0 Å². The number of hydrogen-bond acceptors (Lipinski definition) is 3. The van der Waals surface area contributed by atoms with Gasteiger partial charge in [0.15, 0.2) is 0 Å². The maximum Gasteiger partial charge on any atom is 0.309 e. The third-order valence-electron chi connectivity index (χ3n) is 3.22. The molecule has 3 nitrogen and oxygen atoms in total. The van der Waals surface area contributed by atoms with E-state index in [4.69, 9.17) is 4.74 Å². The first-order chi connectivity index (χ1) is 6.57. The molecule has 0 spiro atoms. The Bertz CT molecular complexity index is 235. The lowest BCUT2D eigenvalue weighted by Gasteiger charge is -2.31. The Morgan fingerprint density at radius 1 is 1.50 bits per heavy atom. The Labute approximate surface area is 84.8 Å². The number of ketones is 1. The highest BCUT2D eigenvalue weighted by Gasteiger charge is 2.37. The Balaban J connectivity index is 2.63. The molecule has 0 heterocycles. The summed E-state index contributed by atoms with van der Waals surface area (Å²) in [7, 11) is 0. The lowest BCUT2D eigenvalue weighted by molar-refractivity contribution is -0.153. The van der Waals surface area contributed by atoms with Gasteiger partial charge in [0.2, 0.25) is 0 Å². The lowest BCUT2D eigenvalue weighted by Crippen LogP contribution is -2.36. The molecule has 1 fully saturated rings. The van der Waals surface area contributed by atoms with E-state index in [-0.39, 0.29) is 29.5 Å². The van der Waals surface area contributed by atoms with Gasteiger partial charge >= 0.3 is 5.97 Å². The van der Waals surface area contributed by atoms with Crippen molar-refractivity contribution in [3.05, 3.63) is 0 Å². The fourth-order valence-electron chi connectivity index (χ4n) is 2.01. The normalized spacial score (nSPS) is 32.8. The van der Waals surface area contributed by atoms with Gasteiger partial charge in [0, 0.05) is 12.3 Å². The topological polar surface area (TPSA) is 43.4 Å². The van der Waals surface area contributed by atoms with Crippen LogP contribution >= 0.6 is 0 Å². The van der Waals surface area contributed by atoms with E-state index in [9.17, 15) is 9.59 Å². The van der Waals surface area contributed by atoms with Crippen molar-refractivity contribution in [2.24, 2.45) is 17.8 Å². The molecule has 0 radical (unpaired) electrons. The van der Waals surface area contributed by atoms with Crippen molar-refractivity contribution in [3.63, 3.8) is 0 Å². The van der Waals surface area contributed by atoms with E-state index in [1.807, 2.05) is 13.8 Å². The summed E-state index contributed by atoms with van der Waals surface area (Å²) in [4.78, 5) is 22.9. The van der Waals surface area contributed by atoms with Crippen LogP contribution in [0.4, 0.5) is 0 Å². The Hall–Kier alpha value is -0.860. The summed E-state index contributed by atoms with van der Waals surface area (Å²) in [6.45, 7) is 6.09. The van der Waals surface area contributed by atoms with Crippen LogP contribution in [0.3, 0.4) is 0 Å². The molecule has 1 rings (SSSR count). The van der Waals surface area contributed by atoms with E-state index >= 15 is 0 Å². The molecule has 0 unspecified atom stereocenters. The molecule has 0 aromatic heterocycles. The van der Waals surface area contributed by atoms with Gasteiger partial charge in [0.05, 0.1) is 12.5 Å². The first kappa shape index (κ1) is 11.2. The minimum absolute atomic E-state index is 0.00171. The van der Waals surface area contributed by atoms with Crippen LogP contribution in [0.5, 0.6) is 0 Å². The van der Waals surface area contributed by atoms with Gasteiger partial charge in [-0.05, 0) is 19.3 Å². The quantitative estimate of drug-likeness (QED) is 0.635. The van der Waals surface area contributed by atoms with E-state index in [1.165, 1.54) is 0 Å². The first-order valence-electron chi connectivity index (χ1n) is 5.27. The Kier molecular flexibility index (Phi) is 3.67. The number of hydrogen-bond donors (Lipinski definition) is 0. The van der Waals surface area contributed by atoms with Crippen molar-refractivity contribution >= 4 is 11.8 Å². The molecule has 0 aliphatic heterocycles. The van der Waals surface area contributed by atoms with Gasteiger partial charge in [-0.25, -0.2) is 0 Å². The summed E-state index contributed by atoms with van der Waals surface area (Å²) in [6, 6.07) is 0. The molecule has 0 amide bonds. The van der Waals surface area contributed by atoms with E-state index in [0.717, 1.165) is 0 Å². The standard InChI is InChI=1S/C11H18O3/c1-4-14-11(13)9-5-6-10(12)8(3)7(9)2/h7-9H,4-6H2,1-3H3/t7-,8+,9+/m0/s1. The monoisotopic (exact) mass is 198 g/mol. The molecule has 0 N–H and O–H groups in total. The highest BCUT2D eigenvalue weighted by molar-refractivity contribution is 5.84. The van der Waals surface area contributed by atoms with Crippen molar-refractivity contribution in [2.75, 3.05) is 6.61 Å². The summed E-state index contributed by atoms with van der Waals surface area (Å²) >= 11 is 0. The molecule has 3 heteroatoms. The van der Waals surface area contributed by atoms with Gasteiger partial charge in [0.1, 0.15) is 5.78 Å². The molecule has 1 aliphatic carbocycles. The summed E-state index contributed by atoms with van der Waals surface area (Å²) in [5.41, 5.74) is 0. The molecular formula is C11H18O3. The van der Waals surface area contributed by atoms with Gasteiger partial charge in [-0.3, -0.25) is 9.59 Å². The second-order valence-electron chi connectivity index (χ2n) is 4.01. The van der Waals surface area contributed by atoms with Gasteiger partial charge in [0.25, 0.3) is 0 Å². The second kappa shape index (κ2) is 4.58. The minimum Gasteiger partial charge on any atom is -0.466 e. The largest absolute Gasteiger partial charge is 0.466 e. The molecule has 0 bridgehead atoms. The average Bonchev–Trinajstić information content (AvgIpc) is 2.15. The third kappa shape index (κ3) is 2.14. The van der Waals surface area contributed by atoms with E-state index in [2.05, 4.69) is 0 Å². The van der Waals surface area contributed by atoms with Crippen molar-refractivity contribution in [1.29, 1.82) is 0 Å². The zero-order chi connectivity index (χ0) is 10.7. The minimum atomic E-state index is -0.139. The fourth-order valence-corrected chi connectivity index (χ4v) is 2.01. The Morgan fingerprint density at radius 2 is 2.14 bits per heavy atom. The van der Waals surface area contributed by atoms with Crippen LogP contribution in [0.2, 0.25) is 0 Å². The number of esters is 1. The first-order valence-corrected chi connectivity index (χ1v) is 5.27. The fraction of sp³-hybridized carbons (Fsp3) is 0.818. The zero-order valence-electron chi connectivity index (χ0n) is 9.08. The molecule has 0 aromatic carbocycles. The molecule has 80 valence electrons. The van der Waals surface area contributed by atoms with Crippen molar-refractivity contribution in [2.45, 2.75) is 33.6 Å². The SMILES string of the molecule is CCOC(=O)[C@@H]1CCC(=O)[C@H](C)[C@@H]1C. The smallest absolute Gasteiger partial charge is 0.309 e. The van der Waals surface area contributed by atoms with Crippen LogP contribution < -0.4 is 0 Å². The van der Waals surface area contributed by atoms with Gasteiger partial charge in [-0.1, -0.05) is 13.8 Å². The number of rotatable bonds is 2. The molecule has 1 aliphatic rings. The average molecular weight is 198 g/mol. The van der Waals surface area contributed by atoms with Crippen molar-refractivity contribution < 1.29 is 14.3 Å². The Morgan fingerprint density at radius 3 is 2.71 bits per heavy atom. The summed E-state index contributed by atoms with van der Waals surface area (Å²) in [6.07, 6.45) is 1.18. The maximum atomic E-state index is 11.5. The number of ether oxygens (including phenoxy) is 1. The number of carbonyl (C=O) groups excluding carboxylic acids is 2. The van der Waals surface area contributed by atoms with Crippen LogP contribution in [0.25, 0.3) is 0 Å². The van der Waals surface area contributed by atoms with Crippen molar-refractivity contribution in [1.82, 2.24) is 0 Å². The third-order valence-corrected chi connectivity index (χ3v) is 3.22. The number of carbonyl (C=O) groups is 2. The van der Waals surface area contributed by atoms with Crippen LogP contribution in [-0.2, 0) is 14.3 Å². The van der Waals surface area contributed by atoms with Crippen LogP contribution in [0.15, 0.2) is 0 Å². The molecule has 3 atom stereocenters. The van der Waals surface area contributed by atoms with Crippen LogP contribution in [0, 0.1) is 17.8 Å². The predicted octanol–water partition coefficient (Wildman–Crippen LogP) is 1.80. The van der Waals surface area contributed by atoms with Gasteiger partial charge < -0.3 is 4.74 Å². The lowest BCUT2D eigenvalue weighted by atomic mass is 9.73. The summed E-state index contributed by atoms with van der Waals surface area (Å²) in [5, 5.41) is 0.